The summed E-state index contributed by atoms with van der Waals surface area (Å²) < 4.78 is 0. The standard InChI is InChI=1S/C40H42N4O4/c45-37-21-7-1-11-27(37)23-41-33-17-3-5-19-35(33)43-25-29-13-9-15-31(39(29)47)32-16-10-14-30(40(32)48)26-44-36-20-6-4-18-34(36)42-24-28-12-2-8-22-38(28)46/h1-2,7-16,21-26,33-36,45-48H,3-6,17-20H2/t33-,34-,35-,36-/m0/s1. The number of nitrogens with zero attached hydrogens (tertiary/aromatic N) is 4. The zero-order chi connectivity index (χ0) is 33.3. The predicted octanol–water partition coefficient (Wildman–Crippen LogP) is 7.87. The fourth-order valence-corrected chi connectivity index (χ4v) is 6.54. The summed E-state index contributed by atoms with van der Waals surface area (Å²) in [6.07, 6.45) is 14.7. The normalized spacial score (nSPS) is 21.9. The molecule has 4 aromatic carbocycles. The molecule has 0 spiro atoms. The van der Waals surface area contributed by atoms with Crippen LogP contribution in [0.25, 0.3) is 11.1 Å². The van der Waals surface area contributed by atoms with E-state index < -0.39 is 0 Å². The van der Waals surface area contributed by atoms with Crippen LogP contribution in [0.15, 0.2) is 105 Å². The number of para-hydroxylation sites is 4. The first kappa shape index (κ1) is 32.7. The third kappa shape index (κ3) is 7.82. The number of hydrogen-bond acceptors (Lipinski definition) is 8. The molecule has 0 saturated heterocycles. The van der Waals surface area contributed by atoms with E-state index in [9.17, 15) is 20.4 Å². The highest BCUT2D eigenvalue weighted by molar-refractivity contribution is 5.93. The molecule has 0 aromatic heterocycles. The third-order valence-electron chi connectivity index (χ3n) is 9.31. The van der Waals surface area contributed by atoms with Crippen molar-refractivity contribution in [2.75, 3.05) is 0 Å². The van der Waals surface area contributed by atoms with Gasteiger partial charge in [-0.05, 0) is 62.1 Å². The summed E-state index contributed by atoms with van der Waals surface area (Å²) in [6, 6.07) is 25.1. The fourth-order valence-electron chi connectivity index (χ4n) is 6.54. The van der Waals surface area contributed by atoms with E-state index in [0.717, 1.165) is 51.4 Å². The Labute approximate surface area is 281 Å². The number of rotatable bonds is 9. The molecule has 2 fully saturated rings. The molecule has 4 N–H and O–H groups in total. The third-order valence-corrected chi connectivity index (χ3v) is 9.31. The summed E-state index contributed by atoms with van der Waals surface area (Å²) >= 11 is 0. The maximum Gasteiger partial charge on any atom is 0.132 e. The molecule has 0 radical (unpaired) electrons. The van der Waals surface area contributed by atoms with Crippen LogP contribution in [0.5, 0.6) is 23.0 Å². The van der Waals surface area contributed by atoms with Gasteiger partial charge < -0.3 is 20.4 Å². The Morgan fingerprint density at radius 1 is 0.396 bits per heavy atom. The lowest BCUT2D eigenvalue weighted by Crippen LogP contribution is -2.27. The lowest BCUT2D eigenvalue weighted by atomic mass is 9.91. The second-order valence-electron chi connectivity index (χ2n) is 12.6. The number of aliphatic imine (C=N–C) groups is 4. The molecule has 2 aliphatic rings. The van der Waals surface area contributed by atoms with Crippen LogP contribution in [0.3, 0.4) is 0 Å². The zero-order valence-electron chi connectivity index (χ0n) is 26.9. The molecule has 246 valence electrons. The van der Waals surface area contributed by atoms with Crippen molar-refractivity contribution in [2.45, 2.75) is 75.5 Å². The highest BCUT2D eigenvalue weighted by atomic mass is 16.3. The predicted molar refractivity (Wildman–Crippen MR) is 194 cm³/mol. The summed E-state index contributed by atoms with van der Waals surface area (Å²) in [6.45, 7) is 0. The van der Waals surface area contributed by atoms with Crippen LogP contribution in [-0.2, 0) is 0 Å². The van der Waals surface area contributed by atoms with E-state index in [1.807, 2.05) is 48.5 Å². The lowest BCUT2D eigenvalue weighted by molar-refractivity contribution is 0.390. The highest BCUT2D eigenvalue weighted by Crippen LogP contribution is 2.38. The van der Waals surface area contributed by atoms with Gasteiger partial charge in [-0.25, -0.2) is 0 Å². The maximum atomic E-state index is 11.3. The molecule has 0 unspecified atom stereocenters. The molecule has 0 amide bonds. The Hall–Kier alpha value is -5.24. The smallest absolute Gasteiger partial charge is 0.132 e. The Balaban J connectivity index is 1.19. The molecular formula is C40H42N4O4. The molecule has 0 aliphatic heterocycles. The van der Waals surface area contributed by atoms with Crippen LogP contribution in [0.2, 0.25) is 0 Å². The number of aromatic hydroxyl groups is 4. The van der Waals surface area contributed by atoms with Gasteiger partial charge in [0, 0.05) is 58.2 Å². The van der Waals surface area contributed by atoms with Crippen LogP contribution in [0.4, 0.5) is 0 Å². The second-order valence-corrected chi connectivity index (χ2v) is 12.6. The second kappa shape index (κ2) is 15.6. The highest BCUT2D eigenvalue weighted by Gasteiger charge is 2.25. The quantitative estimate of drug-likeness (QED) is 0.138. The van der Waals surface area contributed by atoms with Gasteiger partial charge >= 0.3 is 0 Å². The lowest BCUT2D eigenvalue weighted by Gasteiger charge is -2.25. The first-order valence-electron chi connectivity index (χ1n) is 16.8. The topological polar surface area (TPSA) is 130 Å². The minimum absolute atomic E-state index is 0.0140. The molecule has 8 nitrogen and oxygen atoms in total. The van der Waals surface area contributed by atoms with E-state index in [2.05, 4.69) is 0 Å². The number of phenols is 4. The van der Waals surface area contributed by atoms with Crippen molar-refractivity contribution in [1.29, 1.82) is 0 Å². The first-order valence-corrected chi connectivity index (χ1v) is 16.8. The molecule has 4 atom stereocenters. The van der Waals surface area contributed by atoms with Gasteiger partial charge in [-0.15, -0.1) is 0 Å². The van der Waals surface area contributed by atoms with Gasteiger partial charge in [0.2, 0.25) is 0 Å². The summed E-state index contributed by atoms with van der Waals surface area (Å²) in [5.41, 5.74) is 3.50. The molecule has 2 aliphatic carbocycles. The van der Waals surface area contributed by atoms with Gasteiger partial charge in [0.1, 0.15) is 23.0 Å². The Morgan fingerprint density at radius 3 is 1.06 bits per heavy atom. The van der Waals surface area contributed by atoms with Crippen molar-refractivity contribution >= 4 is 24.9 Å². The van der Waals surface area contributed by atoms with Crippen molar-refractivity contribution in [3.63, 3.8) is 0 Å². The summed E-state index contributed by atoms with van der Waals surface area (Å²) in [5, 5.41) is 42.9. The van der Waals surface area contributed by atoms with Crippen molar-refractivity contribution in [3.8, 4) is 34.1 Å². The summed E-state index contributed by atoms with van der Waals surface area (Å²) in [7, 11) is 0. The Morgan fingerprint density at radius 2 is 0.708 bits per heavy atom. The minimum Gasteiger partial charge on any atom is -0.507 e. The summed E-state index contributed by atoms with van der Waals surface area (Å²) in [4.78, 5) is 19.3. The van der Waals surface area contributed by atoms with E-state index in [1.165, 1.54) is 0 Å². The minimum atomic E-state index is -0.0387. The van der Waals surface area contributed by atoms with Crippen LogP contribution >= 0.6 is 0 Å². The Bertz CT molecular complexity index is 1700. The Kier molecular flexibility index (Phi) is 10.6. The maximum absolute atomic E-state index is 11.3. The van der Waals surface area contributed by atoms with Crippen LogP contribution in [0, 0.1) is 0 Å². The SMILES string of the molecule is Oc1ccccc1C=N[C@H]1CCCC[C@@H]1N=Cc1cccc(-c2cccc(C=N[C@H]3CCCC[C@@H]3N=Cc3ccccc3O)c2O)c1O. The zero-order valence-corrected chi connectivity index (χ0v) is 26.9. The van der Waals surface area contributed by atoms with Gasteiger partial charge in [0.15, 0.2) is 0 Å². The van der Waals surface area contributed by atoms with E-state index in [-0.39, 0.29) is 47.2 Å². The molecular weight excluding hydrogens is 600 g/mol. The van der Waals surface area contributed by atoms with Gasteiger partial charge in [-0.2, -0.15) is 0 Å². The van der Waals surface area contributed by atoms with Gasteiger partial charge in [0.05, 0.1) is 24.2 Å². The van der Waals surface area contributed by atoms with Crippen molar-refractivity contribution in [1.82, 2.24) is 0 Å². The molecule has 48 heavy (non-hydrogen) atoms. The van der Waals surface area contributed by atoms with E-state index in [0.29, 0.717) is 33.4 Å². The molecule has 4 aromatic rings. The molecule has 8 heteroatoms. The van der Waals surface area contributed by atoms with Crippen molar-refractivity contribution in [2.24, 2.45) is 20.0 Å². The average molecular weight is 643 g/mol. The number of phenolic OH excluding ortho intramolecular Hbond substituents is 4. The van der Waals surface area contributed by atoms with Gasteiger partial charge in [-0.3, -0.25) is 20.0 Å². The average Bonchev–Trinajstić information content (AvgIpc) is 3.11. The summed E-state index contributed by atoms with van der Waals surface area (Å²) in [5.74, 6) is 0.485. The van der Waals surface area contributed by atoms with E-state index >= 15 is 0 Å². The first-order chi connectivity index (χ1) is 23.5. The van der Waals surface area contributed by atoms with Crippen LogP contribution < -0.4 is 0 Å². The van der Waals surface area contributed by atoms with E-state index in [1.54, 1.807) is 61.3 Å². The van der Waals surface area contributed by atoms with Gasteiger partial charge in [-0.1, -0.05) is 74.2 Å². The molecule has 2 saturated carbocycles. The largest absolute Gasteiger partial charge is 0.507 e. The van der Waals surface area contributed by atoms with Crippen molar-refractivity contribution < 1.29 is 20.4 Å². The van der Waals surface area contributed by atoms with Crippen LogP contribution in [-0.4, -0.2) is 69.5 Å². The monoisotopic (exact) mass is 642 g/mol. The molecule has 6 rings (SSSR count). The van der Waals surface area contributed by atoms with Gasteiger partial charge in [0.25, 0.3) is 0 Å². The number of benzene rings is 4. The fraction of sp³-hybridized carbons (Fsp3) is 0.300. The van der Waals surface area contributed by atoms with E-state index in [4.69, 9.17) is 20.0 Å². The number of hydrogen-bond donors (Lipinski definition) is 4. The molecule has 0 heterocycles. The van der Waals surface area contributed by atoms with Crippen molar-refractivity contribution in [3.05, 3.63) is 107 Å². The van der Waals surface area contributed by atoms with Crippen LogP contribution in [0.1, 0.15) is 73.6 Å². The molecule has 0 bridgehead atoms.